The molecule has 2 aromatic heterocycles. The van der Waals surface area contributed by atoms with Gasteiger partial charge in [-0.25, -0.2) is 4.98 Å². The number of imidazole rings is 1. The van der Waals surface area contributed by atoms with E-state index in [-0.39, 0.29) is 0 Å². The average Bonchev–Trinajstić information content (AvgIpc) is 3.02. The van der Waals surface area contributed by atoms with Crippen LogP contribution in [0.1, 0.15) is 37.8 Å². The lowest BCUT2D eigenvalue weighted by Crippen LogP contribution is -2.23. The highest BCUT2D eigenvalue weighted by molar-refractivity contribution is 7.98. The highest BCUT2D eigenvalue weighted by Crippen LogP contribution is 2.33. The number of nitrogens with one attached hydrogen (secondary N) is 1. The van der Waals surface area contributed by atoms with Crippen LogP contribution in [0.15, 0.2) is 47.4 Å². The van der Waals surface area contributed by atoms with Gasteiger partial charge in [0.05, 0.1) is 0 Å². The Morgan fingerprint density at radius 1 is 1.04 bits per heavy atom. The maximum Gasteiger partial charge on any atom is 0.139 e. The van der Waals surface area contributed by atoms with Crippen LogP contribution in [0.4, 0.5) is 5.82 Å². The Morgan fingerprint density at radius 3 is 2.52 bits per heavy atom. The van der Waals surface area contributed by atoms with Crippen molar-refractivity contribution in [2.75, 3.05) is 11.6 Å². The summed E-state index contributed by atoms with van der Waals surface area (Å²) < 4.78 is 2.27. The van der Waals surface area contributed by atoms with E-state index < -0.39 is 0 Å². The van der Waals surface area contributed by atoms with Crippen LogP contribution in [0.2, 0.25) is 0 Å². The van der Waals surface area contributed by atoms with Gasteiger partial charge < -0.3 is 5.32 Å². The number of hydrogen-bond donors (Lipinski definition) is 1. The van der Waals surface area contributed by atoms with Crippen LogP contribution in [-0.2, 0) is 0 Å². The van der Waals surface area contributed by atoms with Gasteiger partial charge in [-0.05, 0) is 50.3 Å². The Labute approximate surface area is 153 Å². The highest BCUT2D eigenvalue weighted by atomic mass is 32.2. The first-order valence-electron chi connectivity index (χ1n) is 9.15. The first kappa shape index (κ1) is 16.5. The van der Waals surface area contributed by atoms with Crippen molar-refractivity contribution in [3.05, 3.63) is 48.2 Å². The van der Waals surface area contributed by atoms with Crippen LogP contribution in [0.5, 0.6) is 0 Å². The van der Waals surface area contributed by atoms with Crippen LogP contribution in [-0.4, -0.2) is 21.7 Å². The zero-order valence-electron chi connectivity index (χ0n) is 15.0. The molecular formula is C21H25N3S. The molecule has 25 heavy (non-hydrogen) atoms. The number of anilines is 1. The van der Waals surface area contributed by atoms with Crippen LogP contribution < -0.4 is 5.32 Å². The Morgan fingerprint density at radius 2 is 1.80 bits per heavy atom. The summed E-state index contributed by atoms with van der Waals surface area (Å²) in [5.74, 6) is 1.15. The number of thioether (sulfide) groups is 1. The van der Waals surface area contributed by atoms with Gasteiger partial charge in [-0.15, -0.1) is 11.8 Å². The zero-order valence-corrected chi connectivity index (χ0v) is 15.8. The fraction of sp³-hybridized carbons (Fsp3) is 0.381. The second-order valence-electron chi connectivity index (χ2n) is 6.88. The summed E-state index contributed by atoms with van der Waals surface area (Å²) in [6.45, 7) is 2.15. The summed E-state index contributed by atoms with van der Waals surface area (Å²) in [6.07, 6.45) is 8.64. The van der Waals surface area contributed by atoms with Crippen LogP contribution >= 0.6 is 11.8 Å². The molecule has 4 heteroatoms. The Balaban J connectivity index is 1.81. The van der Waals surface area contributed by atoms with Gasteiger partial charge in [-0.1, -0.05) is 37.5 Å². The van der Waals surface area contributed by atoms with Gasteiger partial charge in [-0.2, -0.15) is 0 Å². The molecule has 1 fully saturated rings. The highest BCUT2D eigenvalue weighted by Gasteiger charge is 2.20. The van der Waals surface area contributed by atoms with E-state index in [0.29, 0.717) is 6.04 Å². The van der Waals surface area contributed by atoms with Gasteiger partial charge in [0.15, 0.2) is 0 Å². The molecule has 0 radical (unpaired) electrons. The summed E-state index contributed by atoms with van der Waals surface area (Å²) in [5, 5.41) is 3.84. The van der Waals surface area contributed by atoms with E-state index in [4.69, 9.17) is 4.98 Å². The maximum absolute atomic E-state index is 4.96. The molecule has 4 rings (SSSR count). The molecule has 0 aliphatic heterocycles. The average molecular weight is 352 g/mol. The summed E-state index contributed by atoms with van der Waals surface area (Å²) in [6, 6.07) is 15.6. The molecular weight excluding hydrogens is 326 g/mol. The standard InChI is InChI=1S/C21H25N3S/c1-15-7-6-10-19-23-20(16-11-13-18(25-2)14-12-16)21(24(15)19)22-17-8-4-3-5-9-17/h6-7,10-14,17,22H,3-5,8-9H2,1-2H3. The number of rotatable bonds is 4. The Kier molecular flexibility index (Phi) is 4.71. The smallest absolute Gasteiger partial charge is 0.139 e. The molecule has 2 heterocycles. The number of aryl methyl sites for hydroxylation is 1. The van der Waals surface area contributed by atoms with Gasteiger partial charge in [-0.3, -0.25) is 4.40 Å². The first-order valence-corrected chi connectivity index (χ1v) is 10.4. The Hall–Kier alpha value is -1.94. The fourth-order valence-electron chi connectivity index (χ4n) is 3.78. The second-order valence-corrected chi connectivity index (χ2v) is 7.76. The van der Waals surface area contributed by atoms with E-state index >= 15 is 0 Å². The summed E-state index contributed by atoms with van der Waals surface area (Å²) in [5.41, 5.74) is 4.48. The lowest BCUT2D eigenvalue weighted by molar-refractivity contribution is 0.461. The molecule has 3 aromatic rings. The SMILES string of the molecule is CSc1ccc(-c2nc3cccc(C)n3c2NC2CCCCC2)cc1. The molecule has 3 nitrogen and oxygen atoms in total. The molecule has 1 aliphatic rings. The van der Waals surface area contributed by atoms with E-state index in [1.165, 1.54) is 48.3 Å². The molecule has 130 valence electrons. The molecule has 0 saturated heterocycles. The predicted octanol–water partition coefficient (Wildman–Crippen LogP) is 5.78. The van der Waals surface area contributed by atoms with Crippen molar-refractivity contribution < 1.29 is 0 Å². The predicted molar refractivity (Wildman–Crippen MR) is 108 cm³/mol. The lowest BCUT2D eigenvalue weighted by Gasteiger charge is -2.24. The first-order chi connectivity index (χ1) is 12.3. The molecule has 1 N–H and O–H groups in total. The molecule has 0 unspecified atom stereocenters. The van der Waals surface area contributed by atoms with Crippen molar-refractivity contribution in [1.29, 1.82) is 0 Å². The summed E-state index contributed by atoms with van der Waals surface area (Å²) in [7, 11) is 0. The Bertz CT molecular complexity index is 861. The van der Waals surface area contributed by atoms with E-state index in [9.17, 15) is 0 Å². The van der Waals surface area contributed by atoms with Crippen LogP contribution in [0.25, 0.3) is 16.9 Å². The second kappa shape index (κ2) is 7.12. The number of aromatic nitrogens is 2. The minimum absolute atomic E-state index is 0.553. The number of pyridine rings is 1. The van der Waals surface area contributed by atoms with Gasteiger partial charge >= 0.3 is 0 Å². The van der Waals surface area contributed by atoms with Crippen molar-refractivity contribution in [3.8, 4) is 11.3 Å². The van der Waals surface area contributed by atoms with Crippen molar-refractivity contribution in [1.82, 2.24) is 9.38 Å². The molecule has 0 spiro atoms. The van der Waals surface area contributed by atoms with E-state index in [0.717, 1.165) is 17.2 Å². The van der Waals surface area contributed by atoms with Gasteiger partial charge in [0, 0.05) is 22.2 Å². The van der Waals surface area contributed by atoms with Crippen molar-refractivity contribution in [3.63, 3.8) is 0 Å². The van der Waals surface area contributed by atoms with E-state index in [1.54, 1.807) is 11.8 Å². The lowest BCUT2D eigenvalue weighted by atomic mass is 9.95. The normalized spacial score (nSPS) is 15.6. The third-order valence-corrected chi connectivity index (χ3v) is 5.89. The number of fused-ring (bicyclic) bond motifs is 1. The summed E-state index contributed by atoms with van der Waals surface area (Å²) >= 11 is 1.77. The third-order valence-electron chi connectivity index (χ3n) is 5.15. The van der Waals surface area contributed by atoms with Crippen LogP contribution in [0.3, 0.4) is 0 Å². The molecule has 1 aliphatic carbocycles. The van der Waals surface area contributed by atoms with E-state index in [2.05, 4.69) is 65.4 Å². The monoisotopic (exact) mass is 351 g/mol. The maximum atomic E-state index is 4.96. The fourth-order valence-corrected chi connectivity index (χ4v) is 4.19. The molecule has 1 aromatic carbocycles. The number of hydrogen-bond acceptors (Lipinski definition) is 3. The largest absolute Gasteiger partial charge is 0.367 e. The van der Waals surface area contributed by atoms with Crippen molar-refractivity contribution in [2.24, 2.45) is 0 Å². The molecule has 0 atom stereocenters. The van der Waals surface area contributed by atoms with Gasteiger partial charge in [0.2, 0.25) is 0 Å². The van der Waals surface area contributed by atoms with Crippen molar-refractivity contribution >= 4 is 23.2 Å². The van der Waals surface area contributed by atoms with Crippen molar-refractivity contribution in [2.45, 2.75) is 50.0 Å². The topological polar surface area (TPSA) is 29.3 Å². The molecule has 0 amide bonds. The van der Waals surface area contributed by atoms with Gasteiger partial charge in [0.1, 0.15) is 17.2 Å². The quantitative estimate of drug-likeness (QED) is 0.605. The molecule has 0 bridgehead atoms. The minimum atomic E-state index is 0.553. The number of nitrogens with zero attached hydrogens (tertiary/aromatic N) is 2. The third kappa shape index (κ3) is 3.28. The molecule has 1 saturated carbocycles. The van der Waals surface area contributed by atoms with Gasteiger partial charge in [0.25, 0.3) is 0 Å². The number of benzene rings is 1. The minimum Gasteiger partial charge on any atom is -0.367 e. The zero-order chi connectivity index (χ0) is 17.2. The van der Waals surface area contributed by atoms with E-state index in [1.807, 2.05) is 0 Å². The summed E-state index contributed by atoms with van der Waals surface area (Å²) in [4.78, 5) is 6.24. The van der Waals surface area contributed by atoms with Crippen LogP contribution in [0, 0.1) is 6.92 Å².